The van der Waals surface area contributed by atoms with Gasteiger partial charge in [-0.25, -0.2) is 0 Å². The Bertz CT molecular complexity index is 412. The summed E-state index contributed by atoms with van der Waals surface area (Å²) in [6.45, 7) is 9.62. The van der Waals surface area contributed by atoms with Crippen LogP contribution in [0.25, 0.3) is 0 Å². The Kier molecular flexibility index (Phi) is 5.12. The maximum absolute atomic E-state index is 12.1. The fourth-order valence-electron chi connectivity index (χ4n) is 3.77. The minimum Gasteiger partial charge on any atom is -0.376 e. The summed E-state index contributed by atoms with van der Waals surface area (Å²) in [5, 5.41) is 9.10. The van der Waals surface area contributed by atoms with Crippen molar-refractivity contribution in [1.82, 2.24) is 16.0 Å². The van der Waals surface area contributed by atoms with E-state index in [0.29, 0.717) is 6.54 Å². The summed E-state index contributed by atoms with van der Waals surface area (Å²) >= 11 is 0. The molecule has 2 heterocycles. The van der Waals surface area contributed by atoms with Gasteiger partial charge in [-0.2, -0.15) is 0 Å². The van der Waals surface area contributed by atoms with Crippen LogP contribution < -0.4 is 16.0 Å². The van der Waals surface area contributed by atoms with Crippen molar-refractivity contribution in [2.75, 3.05) is 13.2 Å². The van der Waals surface area contributed by atoms with Gasteiger partial charge in [-0.1, -0.05) is 0 Å². The molecule has 2 saturated heterocycles. The predicted molar refractivity (Wildman–Crippen MR) is 84.4 cm³/mol. The minimum absolute atomic E-state index is 0.00669. The first-order valence-corrected chi connectivity index (χ1v) is 8.16. The van der Waals surface area contributed by atoms with Crippen LogP contribution in [-0.2, 0) is 14.3 Å². The van der Waals surface area contributed by atoms with Crippen molar-refractivity contribution in [3.05, 3.63) is 0 Å². The van der Waals surface area contributed by atoms with E-state index in [9.17, 15) is 9.59 Å². The van der Waals surface area contributed by atoms with Crippen LogP contribution in [0.15, 0.2) is 0 Å². The molecular weight excluding hydrogens is 282 g/mol. The normalized spacial score (nSPS) is 27.4. The highest BCUT2D eigenvalue weighted by molar-refractivity contribution is 6.35. The van der Waals surface area contributed by atoms with Gasteiger partial charge < -0.3 is 20.7 Å². The van der Waals surface area contributed by atoms with Gasteiger partial charge >= 0.3 is 11.8 Å². The van der Waals surface area contributed by atoms with Gasteiger partial charge in [0.05, 0.1) is 6.10 Å². The van der Waals surface area contributed by atoms with Crippen molar-refractivity contribution in [3.63, 3.8) is 0 Å². The molecule has 2 amide bonds. The van der Waals surface area contributed by atoms with E-state index in [0.717, 1.165) is 32.3 Å². The van der Waals surface area contributed by atoms with Crippen molar-refractivity contribution in [3.8, 4) is 0 Å². The quantitative estimate of drug-likeness (QED) is 0.671. The van der Waals surface area contributed by atoms with E-state index in [-0.39, 0.29) is 23.2 Å². The van der Waals surface area contributed by atoms with E-state index in [1.54, 1.807) is 0 Å². The molecule has 6 nitrogen and oxygen atoms in total. The van der Waals surface area contributed by atoms with Gasteiger partial charge in [0, 0.05) is 30.3 Å². The molecule has 0 unspecified atom stereocenters. The summed E-state index contributed by atoms with van der Waals surface area (Å²) in [5.74, 6) is -1.11. The monoisotopic (exact) mass is 311 g/mol. The molecular formula is C16H29N3O3. The average molecular weight is 311 g/mol. The molecule has 0 bridgehead atoms. The number of rotatable bonds is 3. The molecule has 2 rings (SSSR count). The second-order valence-corrected chi connectivity index (χ2v) is 7.82. The molecule has 0 aliphatic carbocycles. The second-order valence-electron chi connectivity index (χ2n) is 7.82. The van der Waals surface area contributed by atoms with Gasteiger partial charge in [-0.3, -0.25) is 9.59 Å². The fourth-order valence-corrected chi connectivity index (χ4v) is 3.77. The van der Waals surface area contributed by atoms with Crippen LogP contribution in [0.2, 0.25) is 0 Å². The number of hydrogen-bond donors (Lipinski definition) is 3. The van der Waals surface area contributed by atoms with Crippen molar-refractivity contribution >= 4 is 11.8 Å². The molecule has 0 aromatic rings. The van der Waals surface area contributed by atoms with Gasteiger partial charge in [0.1, 0.15) is 0 Å². The molecule has 22 heavy (non-hydrogen) atoms. The molecule has 2 aliphatic heterocycles. The number of hydrogen-bond acceptors (Lipinski definition) is 4. The summed E-state index contributed by atoms with van der Waals surface area (Å²) < 4.78 is 5.43. The minimum atomic E-state index is -0.565. The van der Waals surface area contributed by atoms with Crippen molar-refractivity contribution < 1.29 is 14.3 Å². The Labute approximate surface area is 132 Å². The van der Waals surface area contributed by atoms with E-state index >= 15 is 0 Å². The predicted octanol–water partition coefficient (Wildman–Crippen LogP) is 0.707. The lowest BCUT2D eigenvalue weighted by atomic mass is 9.79. The lowest BCUT2D eigenvalue weighted by Gasteiger charge is -2.46. The Balaban J connectivity index is 1.81. The highest BCUT2D eigenvalue weighted by atomic mass is 16.5. The number of carbonyl (C=O) groups excluding carboxylic acids is 2. The third kappa shape index (κ3) is 4.95. The highest BCUT2D eigenvalue weighted by Gasteiger charge is 2.38. The van der Waals surface area contributed by atoms with Crippen LogP contribution in [0.3, 0.4) is 0 Å². The van der Waals surface area contributed by atoms with E-state index in [2.05, 4.69) is 43.6 Å². The molecule has 0 saturated carbocycles. The van der Waals surface area contributed by atoms with Crippen molar-refractivity contribution in [2.24, 2.45) is 0 Å². The number of nitrogens with one attached hydrogen (secondary N) is 3. The van der Waals surface area contributed by atoms with Gasteiger partial charge in [0.2, 0.25) is 0 Å². The van der Waals surface area contributed by atoms with Gasteiger partial charge in [-0.15, -0.1) is 0 Å². The average Bonchev–Trinajstić information content (AvgIpc) is 2.84. The highest BCUT2D eigenvalue weighted by Crippen LogP contribution is 2.28. The Hall–Kier alpha value is -1.14. The fraction of sp³-hybridized carbons (Fsp3) is 0.875. The number of amides is 2. The first-order valence-electron chi connectivity index (χ1n) is 8.16. The molecule has 2 fully saturated rings. The molecule has 0 radical (unpaired) electrons. The smallest absolute Gasteiger partial charge is 0.309 e. The van der Waals surface area contributed by atoms with Crippen molar-refractivity contribution in [1.29, 1.82) is 0 Å². The summed E-state index contributed by atoms with van der Waals surface area (Å²) in [5.41, 5.74) is -0.123. The summed E-state index contributed by atoms with van der Waals surface area (Å²) in [6.07, 6.45) is 3.63. The van der Waals surface area contributed by atoms with Gasteiger partial charge in [0.15, 0.2) is 0 Å². The standard InChI is InChI=1S/C16H29N3O3/c1-15(2)8-11(9-16(3,4)19-15)18-14(21)13(20)17-10-12-6-5-7-22-12/h11-12,19H,5-10H2,1-4H3,(H,17,20)(H,18,21)/t12-/m0/s1. The molecule has 2 aliphatic rings. The molecule has 3 N–H and O–H groups in total. The van der Waals surface area contributed by atoms with Crippen LogP contribution >= 0.6 is 0 Å². The van der Waals surface area contributed by atoms with Crippen LogP contribution in [0, 0.1) is 0 Å². The lowest BCUT2D eigenvalue weighted by molar-refractivity contribution is -0.140. The van der Waals surface area contributed by atoms with Gasteiger partial charge in [0.25, 0.3) is 0 Å². The second kappa shape index (κ2) is 6.54. The number of ether oxygens (including phenoxy) is 1. The van der Waals surface area contributed by atoms with Gasteiger partial charge in [-0.05, 0) is 53.4 Å². The summed E-state index contributed by atoms with van der Waals surface area (Å²) in [7, 11) is 0. The molecule has 6 heteroatoms. The Morgan fingerprint density at radius 1 is 1.14 bits per heavy atom. The topological polar surface area (TPSA) is 79.5 Å². The van der Waals surface area contributed by atoms with E-state index in [1.165, 1.54) is 0 Å². The lowest BCUT2D eigenvalue weighted by Crippen LogP contribution is -2.63. The first-order chi connectivity index (χ1) is 10.2. The molecule has 1 atom stereocenters. The zero-order chi connectivity index (χ0) is 16.4. The summed E-state index contributed by atoms with van der Waals surface area (Å²) in [4.78, 5) is 24.0. The molecule has 0 aromatic heterocycles. The molecule has 0 spiro atoms. The first kappa shape index (κ1) is 17.2. The van der Waals surface area contributed by atoms with Crippen LogP contribution in [0.5, 0.6) is 0 Å². The maximum atomic E-state index is 12.1. The molecule has 126 valence electrons. The number of carbonyl (C=O) groups is 2. The Morgan fingerprint density at radius 2 is 1.77 bits per heavy atom. The van der Waals surface area contributed by atoms with Crippen LogP contribution in [0.1, 0.15) is 53.4 Å². The van der Waals surface area contributed by atoms with E-state index in [1.807, 2.05) is 0 Å². The SMILES string of the molecule is CC1(C)CC(NC(=O)C(=O)NC[C@@H]2CCCO2)CC(C)(C)N1. The zero-order valence-electron chi connectivity index (χ0n) is 14.1. The Morgan fingerprint density at radius 3 is 2.32 bits per heavy atom. The summed E-state index contributed by atoms with van der Waals surface area (Å²) in [6, 6.07) is 0.00669. The van der Waals surface area contributed by atoms with E-state index < -0.39 is 11.8 Å². The van der Waals surface area contributed by atoms with Crippen molar-refractivity contribution in [2.45, 2.75) is 76.6 Å². The largest absolute Gasteiger partial charge is 0.376 e. The maximum Gasteiger partial charge on any atom is 0.309 e. The third-order valence-corrected chi connectivity index (χ3v) is 4.25. The zero-order valence-corrected chi connectivity index (χ0v) is 14.1. The van der Waals surface area contributed by atoms with Crippen LogP contribution in [-0.4, -0.2) is 48.2 Å². The number of piperidine rings is 1. The third-order valence-electron chi connectivity index (χ3n) is 4.25. The van der Waals surface area contributed by atoms with Crippen LogP contribution in [0.4, 0.5) is 0 Å². The van der Waals surface area contributed by atoms with E-state index in [4.69, 9.17) is 4.74 Å². The molecule has 0 aromatic carbocycles.